The van der Waals surface area contributed by atoms with E-state index < -0.39 is 17.2 Å². The highest BCUT2D eigenvalue weighted by Crippen LogP contribution is 2.27. The predicted molar refractivity (Wildman–Crippen MR) is 106 cm³/mol. The van der Waals surface area contributed by atoms with Crippen LogP contribution in [0.1, 0.15) is 53.2 Å². The molecule has 0 radical (unpaired) electrons. The van der Waals surface area contributed by atoms with E-state index in [4.69, 9.17) is 9.47 Å². The fraction of sp³-hybridized carbons (Fsp3) is 0.409. The van der Waals surface area contributed by atoms with Gasteiger partial charge in [-0.05, 0) is 56.0 Å². The molecule has 0 saturated carbocycles. The SMILES string of the molecule is CCCOc1ccc(C(=O)c2c(C)c(C#N)c(=O)n(CC3CCCO3)c2O)cc1. The van der Waals surface area contributed by atoms with Crippen molar-refractivity contribution >= 4 is 5.78 Å². The summed E-state index contributed by atoms with van der Waals surface area (Å²) in [6.07, 6.45) is 2.27. The summed E-state index contributed by atoms with van der Waals surface area (Å²) in [7, 11) is 0. The zero-order valence-electron chi connectivity index (χ0n) is 16.6. The van der Waals surface area contributed by atoms with Crippen LogP contribution in [0.5, 0.6) is 11.6 Å². The molecular formula is C22H24N2O5. The number of nitrogens with zero attached hydrogens (tertiary/aromatic N) is 2. The molecule has 0 aliphatic carbocycles. The summed E-state index contributed by atoms with van der Waals surface area (Å²) in [5.74, 6) is -0.247. The van der Waals surface area contributed by atoms with Crippen LogP contribution in [0.2, 0.25) is 0 Å². The van der Waals surface area contributed by atoms with E-state index in [0.717, 1.165) is 23.8 Å². The Morgan fingerprint density at radius 3 is 2.69 bits per heavy atom. The summed E-state index contributed by atoms with van der Waals surface area (Å²) in [6.45, 7) is 4.77. The molecule has 2 heterocycles. The fourth-order valence-corrected chi connectivity index (χ4v) is 3.45. The Hall–Kier alpha value is -3.11. The van der Waals surface area contributed by atoms with E-state index >= 15 is 0 Å². The van der Waals surface area contributed by atoms with Crippen LogP contribution in [0.25, 0.3) is 0 Å². The van der Waals surface area contributed by atoms with Crippen molar-refractivity contribution in [3.63, 3.8) is 0 Å². The van der Waals surface area contributed by atoms with Crippen molar-refractivity contribution in [3.8, 4) is 17.7 Å². The Bertz CT molecular complexity index is 996. The van der Waals surface area contributed by atoms with Crippen molar-refractivity contribution in [2.24, 2.45) is 0 Å². The van der Waals surface area contributed by atoms with E-state index in [1.807, 2.05) is 13.0 Å². The smallest absolute Gasteiger partial charge is 0.271 e. The second-order valence-corrected chi connectivity index (χ2v) is 7.06. The first-order valence-corrected chi connectivity index (χ1v) is 9.73. The molecule has 1 saturated heterocycles. The van der Waals surface area contributed by atoms with Crippen LogP contribution >= 0.6 is 0 Å². The number of aromatic hydroxyl groups is 1. The average Bonchev–Trinajstić information content (AvgIpc) is 3.23. The lowest BCUT2D eigenvalue weighted by molar-refractivity contribution is 0.0929. The first-order valence-electron chi connectivity index (χ1n) is 9.73. The maximum Gasteiger partial charge on any atom is 0.271 e. The van der Waals surface area contributed by atoms with Gasteiger partial charge in [0.2, 0.25) is 5.88 Å². The minimum atomic E-state index is -0.613. The number of ether oxygens (including phenoxy) is 2. The summed E-state index contributed by atoms with van der Waals surface area (Å²) in [6, 6.07) is 8.45. The maximum absolute atomic E-state index is 13.1. The van der Waals surface area contributed by atoms with Gasteiger partial charge in [0, 0.05) is 12.2 Å². The first-order chi connectivity index (χ1) is 14.0. The summed E-state index contributed by atoms with van der Waals surface area (Å²) in [5.41, 5.74) is -0.292. The molecule has 0 spiro atoms. The standard InChI is InChI=1S/C22H24N2O5/c1-3-10-28-16-8-6-15(7-9-16)20(25)19-14(2)18(12-23)21(26)24(22(19)27)13-17-5-4-11-29-17/h6-9,17,27H,3-5,10-11,13H2,1-2H3. The van der Waals surface area contributed by atoms with Gasteiger partial charge in [0.25, 0.3) is 5.56 Å². The van der Waals surface area contributed by atoms with Crippen molar-refractivity contribution in [1.29, 1.82) is 5.26 Å². The second kappa shape index (κ2) is 8.93. The summed E-state index contributed by atoms with van der Waals surface area (Å²) < 4.78 is 12.2. The minimum absolute atomic E-state index is 0.0404. The fourth-order valence-electron chi connectivity index (χ4n) is 3.45. The second-order valence-electron chi connectivity index (χ2n) is 7.06. The molecule has 1 fully saturated rings. The van der Waals surface area contributed by atoms with Gasteiger partial charge in [0.1, 0.15) is 17.4 Å². The first kappa shape index (κ1) is 20.6. The Morgan fingerprint density at radius 2 is 2.10 bits per heavy atom. The zero-order valence-corrected chi connectivity index (χ0v) is 16.6. The van der Waals surface area contributed by atoms with Gasteiger partial charge in [-0.15, -0.1) is 0 Å². The van der Waals surface area contributed by atoms with Gasteiger partial charge in [-0.2, -0.15) is 5.26 Å². The van der Waals surface area contributed by atoms with E-state index in [9.17, 15) is 20.0 Å². The van der Waals surface area contributed by atoms with E-state index in [1.54, 1.807) is 24.3 Å². The molecular weight excluding hydrogens is 372 g/mol. The van der Waals surface area contributed by atoms with E-state index in [1.165, 1.54) is 6.92 Å². The lowest BCUT2D eigenvalue weighted by atomic mass is 9.97. The predicted octanol–water partition coefficient (Wildman–Crippen LogP) is 2.93. The van der Waals surface area contributed by atoms with Gasteiger partial charge < -0.3 is 14.6 Å². The van der Waals surface area contributed by atoms with Gasteiger partial charge in [0.05, 0.1) is 24.8 Å². The number of nitriles is 1. The molecule has 7 heteroatoms. The minimum Gasteiger partial charge on any atom is -0.494 e. The van der Waals surface area contributed by atoms with Crippen LogP contribution in [-0.4, -0.2) is 34.8 Å². The Kier molecular flexibility index (Phi) is 6.35. The molecule has 1 aromatic carbocycles. The normalized spacial score (nSPS) is 15.8. The molecule has 3 rings (SSSR count). The van der Waals surface area contributed by atoms with Gasteiger partial charge in [-0.3, -0.25) is 14.2 Å². The number of aromatic nitrogens is 1. The zero-order chi connectivity index (χ0) is 21.0. The van der Waals surface area contributed by atoms with Crippen LogP contribution in [0, 0.1) is 18.3 Å². The molecule has 29 heavy (non-hydrogen) atoms. The maximum atomic E-state index is 13.1. The monoisotopic (exact) mass is 396 g/mol. The molecule has 2 aromatic rings. The van der Waals surface area contributed by atoms with E-state index in [2.05, 4.69) is 0 Å². The average molecular weight is 396 g/mol. The largest absolute Gasteiger partial charge is 0.494 e. The third kappa shape index (κ3) is 4.17. The molecule has 1 N–H and O–H groups in total. The highest BCUT2D eigenvalue weighted by molar-refractivity contribution is 6.11. The van der Waals surface area contributed by atoms with Gasteiger partial charge in [-0.1, -0.05) is 6.92 Å². The highest BCUT2D eigenvalue weighted by Gasteiger charge is 2.27. The van der Waals surface area contributed by atoms with Gasteiger partial charge >= 0.3 is 0 Å². The quantitative estimate of drug-likeness (QED) is 0.722. The summed E-state index contributed by atoms with van der Waals surface area (Å²) >= 11 is 0. The van der Waals surface area contributed by atoms with Crippen molar-refractivity contribution in [3.05, 3.63) is 56.9 Å². The number of carbonyl (C=O) groups is 1. The van der Waals surface area contributed by atoms with Crippen LogP contribution in [-0.2, 0) is 11.3 Å². The number of benzene rings is 1. The highest BCUT2D eigenvalue weighted by atomic mass is 16.5. The molecule has 1 aromatic heterocycles. The van der Waals surface area contributed by atoms with Gasteiger partial charge in [-0.25, -0.2) is 0 Å². The van der Waals surface area contributed by atoms with Crippen molar-refractivity contribution in [1.82, 2.24) is 4.57 Å². The molecule has 1 aliphatic heterocycles. The Balaban J connectivity index is 2.02. The van der Waals surface area contributed by atoms with E-state index in [0.29, 0.717) is 24.5 Å². The lowest BCUT2D eigenvalue weighted by Gasteiger charge is -2.18. The third-order valence-corrected chi connectivity index (χ3v) is 5.03. The Morgan fingerprint density at radius 1 is 1.38 bits per heavy atom. The summed E-state index contributed by atoms with van der Waals surface area (Å²) in [4.78, 5) is 25.8. The number of carbonyl (C=O) groups excluding carboxylic acids is 1. The third-order valence-electron chi connectivity index (χ3n) is 5.03. The number of ketones is 1. The molecule has 0 amide bonds. The molecule has 1 aliphatic rings. The summed E-state index contributed by atoms with van der Waals surface area (Å²) in [5, 5.41) is 20.3. The molecule has 152 valence electrons. The number of rotatable bonds is 7. The lowest BCUT2D eigenvalue weighted by Crippen LogP contribution is -2.30. The van der Waals surface area contributed by atoms with Crippen LogP contribution in [0.15, 0.2) is 29.1 Å². The van der Waals surface area contributed by atoms with Gasteiger partial charge in [0.15, 0.2) is 5.78 Å². The molecule has 0 bridgehead atoms. The Labute approximate surface area is 169 Å². The van der Waals surface area contributed by atoms with Crippen LogP contribution in [0.4, 0.5) is 0 Å². The molecule has 1 unspecified atom stereocenters. The van der Waals surface area contributed by atoms with Crippen LogP contribution in [0.3, 0.4) is 0 Å². The van der Waals surface area contributed by atoms with Crippen LogP contribution < -0.4 is 10.3 Å². The number of hydrogen-bond acceptors (Lipinski definition) is 6. The topological polar surface area (TPSA) is 102 Å². The van der Waals surface area contributed by atoms with Crippen molar-refractivity contribution in [2.45, 2.75) is 45.8 Å². The van der Waals surface area contributed by atoms with Crippen molar-refractivity contribution in [2.75, 3.05) is 13.2 Å². The van der Waals surface area contributed by atoms with E-state index in [-0.39, 0.29) is 29.3 Å². The number of pyridine rings is 1. The number of hydrogen-bond donors (Lipinski definition) is 1. The molecule has 1 atom stereocenters. The molecule has 7 nitrogen and oxygen atoms in total. The van der Waals surface area contributed by atoms with Crippen molar-refractivity contribution < 1.29 is 19.4 Å².